The second-order valence-electron chi connectivity index (χ2n) is 5.96. The Morgan fingerprint density at radius 1 is 1.42 bits per heavy atom. The highest BCUT2D eigenvalue weighted by Gasteiger charge is 2.36. The van der Waals surface area contributed by atoms with E-state index in [1.165, 1.54) is 44.3 Å². The molecular formula is C15H26N4. The summed E-state index contributed by atoms with van der Waals surface area (Å²) in [5.41, 5.74) is 1.37. The van der Waals surface area contributed by atoms with E-state index in [2.05, 4.69) is 35.4 Å². The summed E-state index contributed by atoms with van der Waals surface area (Å²) >= 11 is 0. The van der Waals surface area contributed by atoms with Crippen molar-refractivity contribution in [3.8, 4) is 0 Å². The van der Waals surface area contributed by atoms with Crippen LogP contribution in [0.2, 0.25) is 0 Å². The van der Waals surface area contributed by atoms with Crippen molar-refractivity contribution < 1.29 is 0 Å². The Morgan fingerprint density at radius 2 is 2.32 bits per heavy atom. The standard InChI is InChI=1S/C15H26N4/c1-3-18-11-13(10-17-18)12(2)19-9-5-7-15(19)14-6-4-8-16-14/h10-12,14-16H,3-9H2,1-2H3. The molecule has 106 valence electrons. The first-order chi connectivity index (χ1) is 9.29. The lowest BCUT2D eigenvalue weighted by Crippen LogP contribution is -2.44. The summed E-state index contributed by atoms with van der Waals surface area (Å²) in [4.78, 5) is 2.69. The number of nitrogens with zero attached hydrogens (tertiary/aromatic N) is 3. The molecule has 0 bridgehead atoms. The minimum Gasteiger partial charge on any atom is -0.312 e. The Labute approximate surface area is 116 Å². The van der Waals surface area contributed by atoms with E-state index in [1.54, 1.807) is 0 Å². The summed E-state index contributed by atoms with van der Waals surface area (Å²) in [5, 5.41) is 8.11. The van der Waals surface area contributed by atoms with E-state index in [0.717, 1.165) is 12.6 Å². The summed E-state index contributed by atoms with van der Waals surface area (Å²) in [6.07, 6.45) is 9.64. The van der Waals surface area contributed by atoms with Crippen LogP contribution in [0.1, 0.15) is 51.1 Å². The van der Waals surface area contributed by atoms with Crippen LogP contribution in [-0.4, -0.2) is 39.9 Å². The van der Waals surface area contributed by atoms with Crippen LogP contribution in [0.25, 0.3) is 0 Å². The smallest absolute Gasteiger partial charge is 0.0537 e. The Balaban J connectivity index is 1.72. The minimum atomic E-state index is 0.496. The molecule has 3 rings (SSSR count). The van der Waals surface area contributed by atoms with Crippen LogP contribution in [0.15, 0.2) is 12.4 Å². The molecule has 2 fully saturated rings. The molecule has 1 N–H and O–H groups in total. The van der Waals surface area contributed by atoms with Gasteiger partial charge in [-0.3, -0.25) is 9.58 Å². The first kappa shape index (κ1) is 13.1. The second-order valence-corrected chi connectivity index (χ2v) is 5.96. The molecule has 2 aliphatic rings. The van der Waals surface area contributed by atoms with Crippen LogP contribution in [0.4, 0.5) is 0 Å². The summed E-state index contributed by atoms with van der Waals surface area (Å²) in [5.74, 6) is 0. The van der Waals surface area contributed by atoms with Crippen LogP contribution >= 0.6 is 0 Å². The van der Waals surface area contributed by atoms with Crippen molar-refractivity contribution in [2.24, 2.45) is 0 Å². The van der Waals surface area contributed by atoms with Gasteiger partial charge in [-0.2, -0.15) is 5.10 Å². The molecule has 3 heterocycles. The fourth-order valence-electron chi connectivity index (χ4n) is 3.73. The van der Waals surface area contributed by atoms with Gasteiger partial charge in [0, 0.05) is 36.4 Å². The van der Waals surface area contributed by atoms with Gasteiger partial charge >= 0.3 is 0 Å². The Morgan fingerprint density at radius 3 is 3.00 bits per heavy atom. The van der Waals surface area contributed by atoms with Crippen LogP contribution in [0.5, 0.6) is 0 Å². The minimum absolute atomic E-state index is 0.496. The fraction of sp³-hybridized carbons (Fsp3) is 0.800. The molecule has 0 radical (unpaired) electrons. The SMILES string of the molecule is CCn1cc(C(C)N2CCCC2C2CCCN2)cn1. The van der Waals surface area contributed by atoms with Crippen molar-refractivity contribution in [2.45, 2.75) is 64.2 Å². The van der Waals surface area contributed by atoms with E-state index in [1.807, 2.05) is 10.9 Å². The summed E-state index contributed by atoms with van der Waals surface area (Å²) in [6.45, 7) is 7.88. The maximum absolute atomic E-state index is 4.42. The highest BCUT2D eigenvalue weighted by Crippen LogP contribution is 2.32. The molecule has 0 aromatic carbocycles. The lowest BCUT2D eigenvalue weighted by Gasteiger charge is -2.34. The molecule has 0 saturated carbocycles. The van der Waals surface area contributed by atoms with E-state index >= 15 is 0 Å². The van der Waals surface area contributed by atoms with Crippen LogP contribution in [-0.2, 0) is 6.54 Å². The van der Waals surface area contributed by atoms with Gasteiger partial charge in [-0.1, -0.05) is 0 Å². The quantitative estimate of drug-likeness (QED) is 0.903. The van der Waals surface area contributed by atoms with Crippen molar-refractivity contribution in [1.82, 2.24) is 20.0 Å². The van der Waals surface area contributed by atoms with Crippen molar-refractivity contribution >= 4 is 0 Å². The van der Waals surface area contributed by atoms with E-state index in [9.17, 15) is 0 Å². The third-order valence-corrected chi connectivity index (χ3v) is 4.86. The molecule has 19 heavy (non-hydrogen) atoms. The largest absolute Gasteiger partial charge is 0.312 e. The third kappa shape index (κ3) is 2.56. The number of rotatable bonds is 4. The van der Waals surface area contributed by atoms with Crippen LogP contribution < -0.4 is 5.32 Å². The van der Waals surface area contributed by atoms with Gasteiger partial charge in [-0.05, 0) is 52.6 Å². The first-order valence-electron chi connectivity index (χ1n) is 7.81. The summed E-state index contributed by atoms with van der Waals surface area (Å²) in [6, 6.07) is 1.93. The number of aromatic nitrogens is 2. The maximum atomic E-state index is 4.42. The molecule has 3 atom stereocenters. The maximum Gasteiger partial charge on any atom is 0.0537 e. The molecular weight excluding hydrogens is 236 g/mol. The van der Waals surface area contributed by atoms with Crippen molar-refractivity contribution in [1.29, 1.82) is 0 Å². The van der Waals surface area contributed by atoms with Gasteiger partial charge in [0.05, 0.1) is 6.20 Å². The first-order valence-corrected chi connectivity index (χ1v) is 7.81. The van der Waals surface area contributed by atoms with E-state index in [0.29, 0.717) is 12.1 Å². The average molecular weight is 262 g/mol. The molecule has 4 heteroatoms. The molecule has 4 nitrogen and oxygen atoms in total. The molecule has 0 spiro atoms. The average Bonchev–Trinajstić information content (AvgIpc) is 3.16. The van der Waals surface area contributed by atoms with E-state index < -0.39 is 0 Å². The molecule has 2 aliphatic heterocycles. The fourth-order valence-corrected chi connectivity index (χ4v) is 3.73. The topological polar surface area (TPSA) is 33.1 Å². The third-order valence-electron chi connectivity index (χ3n) is 4.86. The molecule has 1 aromatic rings. The normalized spacial score (nSPS) is 30.0. The monoisotopic (exact) mass is 262 g/mol. The number of hydrogen-bond donors (Lipinski definition) is 1. The Kier molecular flexibility index (Phi) is 3.89. The second kappa shape index (κ2) is 5.63. The van der Waals surface area contributed by atoms with Gasteiger partial charge in [0.15, 0.2) is 0 Å². The van der Waals surface area contributed by atoms with Gasteiger partial charge in [0.1, 0.15) is 0 Å². The van der Waals surface area contributed by atoms with E-state index in [-0.39, 0.29) is 0 Å². The number of nitrogens with one attached hydrogen (secondary N) is 1. The lowest BCUT2D eigenvalue weighted by atomic mass is 10.0. The van der Waals surface area contributed by atoms with Crippen LogP contribution in [0, 0.1) is 0 Å². The number of likely N-dealkylation sites (tertiary alicyclic amines) is 1. The van der Waals surface area contributed by atoms with Crippen molar-refractivity contribution in [3.05, 3.63) is 18.0 Å². The predicted octanol–water partition coefficient (Wildman–Crippen LogP) is 2.18. The van der Waals surface area contributed by atoms with Crippen molar-refractivity contribution in [2.75, 3.05) is 13.1 Å². The molecule has 0 amide bonds. The zero-order valence-corrected chi connectivity index (χ0v) is 12.2. The zero-order valence-electron chi connectivity index (χ0n) is 12.2. The molecule has 0 aliphatic carbocycles. The van der Waals surface area contributed by atoms with Gasteiger partial charge in [-0.15, -0.1) is 0 Å². The Hall–Kier alpha value is -0.870. The number of aryl methyl sites for hydroxylation is 1. The molecule has 1 aromatic heterocycles. The van der Waals surface area contributed by atoms with Gasteiger partial charge in [-0.25, -0.2) is 0 Å². The zero-order chi connectivity index (χ0) is 13.2. The van der Waals surface area contributed by atoms with E-state index in [4.69, 9.17) is 0 Å². The van der Waals surface area contributed by atoms with Crippen LogP contribution in [0.3, 0.4) is 0 Å². The highest BCUT2D eigenvalue weighted by molar-refractivity contribution is 5.11. The summed E-state index contributed by atoms with van der Waals surface area (Å²) < 4.78 is 2.03. The Bertz CT molecular complexity index is 408. The van der Waals surface area contributed by atoms with Gasteiger partial charge in [0.2, 0.25) is 0 Å². The molecule has 3 unspecified atom stereocenters. The lowest BCUT2D eigenvalue weighted by molar-refractivity contribution is 0.163. The van der Waals surface area contributed by atoms with Crippen molar-refractivity contribution in [3.63, 3.8) is 0 Å². The number of hydrogen-bond acceptors (Lipinski definition) is 3. The molecule has 2 saturated heterocycles. The predicted molar refractivity (Wildman–Crippen MR) is 77.1 cm³/mol. The highest BCUT2D eigenvalue weighted by atomic mass is 15.3. The van der Waals surface area contributed by atoms with Gasteiger partial charge in [0.25, 0.3) is 0 Å². The van der Waals surface area contributed by atoms with Gasteiger partial charge < -0.3 is 5.32 Å². The summed E-state index contributed by atoms with van der Waals surface area (Å²) in [7, 11) is 0.